The minimum Gasteiger partial charge on any atom is -0.376 e. The first kappa shape index (κ1) is 11.3. The van der Waals surface area contributed by atoms with E-state index in [0.717, 1.165) is 24.1 Å². The van der Waals surface area contributed by atoms with Gasteiger partial charge in [0.1, 0.15) is 0 Å². The number of amidine groups is 1. The van der Waals surface area contributed by atoms with Gasteiger partial charge in [-0.15, -0.1) is 0 Å². The Labute approximate surface area is 96.1 Å². The number of hydrogen-bond donors (Lipinski definition) is 1. The van der Waals surface area contributed by atoms with Crippen LogP contribution in [0.2, 0.25) is 0 Å². The first-order chi connectivity index (χ1) is 7.16. The van der Waals surface area contributed by atoms with Crippen LogP contribution in [-0.2, 0) is 4.74 Å². The lowest BCUT2D eigenvalue weighted by Gasteiger charge is -2.29. The molecule has 4 atom stereocenters. The molecule has 0 bridgehead atoms. The van der Waals surface area contributed by atoms with Crippen molar-refractivity contribution in [1.29, 1.82) is 0 Å². The van der Waals surface area contributed by atoms with Crippen molar-refractivity contribution in [2.75, 3.05) is 12.4 Å². The molecule has 3 nitrogen and oxygen atoms in total. The first-order valence-corrected chi connectivity index (χ1v) is 6.74. The zero-order chi connectivity index (χ0) is 10.8. The summed E-state index contributed by atoms with van der Waals surface area (Å²) in [5.74, 6) is 1.90. The summed E-state index contributed by atoms with van der Waals surface area (Å²) in [6, 6.07) is 0.906. The standard InChI is InChI=1S/C11H20N2OS/c1-7-6-15-11(12-8(7)2)13-10-4-5-14-9(10)3/h7-10H,4-6H2,1-3H3,(H,12,13). The van der Waals surface area contributed by atoms with E-state index in [2.05, 4.69) is 26.1 Å². The van der Waals surface area contributed by atoms with E-state index in [-0.39, 0.29) is 6.10 Å². The molecule has 15 heavy (non-hydrogen) atoms. The molecular weight excluding hydrogens is 208 g/mol. The maximum atomic E-state index is 5.51. The molecule has 0 radical (unpaired) electrons. The molecule has 0 amide bonds. The Balaban J connectivity index is 1.95. The summed E-state index contributed by atoms with van der Waals surface area (Å²) >= 11 is 1.85. The van der Waals surface area contributed by atoms with E-state index in [1.807, 2.05) is 11.8 Å². The molecule has 0 spiro atoms. The van der Waals surface area contributed by atoms with Gasteiger partial charge in [0.05, 0.1) is 12.1 Å². The summed E-state index contributed by atoms with van der Waals surface area (Å²) in [6.07, 6.45) is 1.35. The van der Waals surface area contributed by atoms with E-state index in [9.17, 15) is 0 Å². The smallest absolute Gasteiger partial charge is 0.157 e. The lowest BCUT2D eigenvalue weighted by atomic mass is 10.1. The summed E-state index contributed by atoms with van der Waals surface area (Å²) in [4.78, 5) is 4.74. The van der Waals surface area contributed by atoms with Crippen molar-refractivity contribution in [3.05, 3.63) is 0 Å². The molecular formula is C11H20N2OS. The lowest BCUT2D eigenvalue weighted by molar-refractivity contribution is 0.119. The fourth-order valence-electron chi connectivity index (χ4n) is 1.85. The Morgan fingerprint density at radius 3 is 2.80 bits per heavy atom. The molecule has 4 heteroatoms. The van der Waals surface area contributed by atoms with Gasteiger partial charge in [-0.05, 0) is 26.2 Å². The highest BCUT2D eigenvalue weighted by Crippen LogP contribution is 2.23. The molecule has 0 aromatic carbocycles. The lowest BCUT2D eigenvalue weighted by Crippen LogP contribution is -2.42. The molecule has 2 rings (SSSR count). The Bertz CT molecular complexity index is 257. The maximum absolute atomic E-state index is 5.51. The third-order valence-corrected chi connectivity index (χ3v) is 4.50. The topological polar surface area (TPSA) is 33.6 Å². The molecule has 1 N–H and O–H groups in total. The van der Waals surface area contributed by atoms with Gasteiger partial charge in [-0.25, -0.2) is 0 Å². The van der Waals surface area contributed by atoms with Crippen molar-refractivity contribution < 1.29 is 4.74 Å². The highest BCUT2D eigenvalue weighted by Gasteiger charge is 2.26. The molecule has 0 saturated carbocycles. The molecule has 2 aliphatic heterocycles. The summed E-state index contributed by atoms with van der Waals surface area (Å²) in [5.41, 5.74) is 0. The minimum absolute atomic E-state index is 0.287. The van der Waals surface area contributed by atoms with Crippen molar-refractivity contribution in [3.8, 4) is 0 Å². The molecule has 4 unspecified atom stereocenters. The van der Waals surface area contributed by atoms with E-state index in [0.29, 0.717) is 12.1 Å². The summed E-state index contributed by atoms with van der Waals surface area (Å²) in [5, 5.41) is 4.58. The van der Waals surface area contributed by atoms with Gasteiger partial charge in [0.25, 0.3) is 0 Å². The number of nitrogens with zero attached hydrogens (tertiary/aromatic N) is 1. The van der Waals surface area contributed by atoms with Crippen LogP contribution in [0.4, 0.5) is 0 Å². The second-order valence-electron chi connectivity index (χ2n) is 4.59. The highest BCUT2D eigenvalue weighted by molar-refractivity contribution is 8.13. The highest BCUT2D eigenvalue weighted by atomic mass is 32.2. The minimum atomic E-state index is 0.287. The Hall–Kier alpha value is -0.220. The number of nitrogens with one attached hydrogen (secondary N) is 1. The third kappa shape index (κ3) is 2.67. The summed E-state index contributed by atoms with van der Waals surface area (Å²) in [6.45, 7) is 7.48. The van der Waals surface area contributed by atoms with E-state index in [1.165, 1.54) is 5.75 Å². The zero-order valence-corrected chi connectivity index (χ0v) is 10.5. The van der Waals surface area contributed by atoms with Gasteiger partial charge in [-0.2, -0.15) is 0 Å². The second kappa shape index (κ2) is 4.74. The van der Waals surface area contributed by atoms with Gasteiger partial charge in [0, 0.05) is 18.4 Å². The van der Waals surface area contributed by atoms with E-state index in [1.54, 1.807) is 0 Å². The number of thioether (sulfide) groups is 1. The normalized spacial score (nSPS) is 44.3. The number of ether oxygens (including phenoxy) is 1. The van der Waals surface area contributed by atoms with Gasteiger partial charge in [0.15, 0.2) is 5.17 Å². The first-order valence-electron chi connectivity index (χ1n) is 5.75. The van der Waals surface area contributed by atoms with Crippen LogP contribution in [0.5, 0.6) is 0 Å². The van der Waals surface area contributed by atoms with Crippen molar-refractivity contribution in [2.24, 2.45) is 10.9 Å². The third-order valence-electron chi connectivity index (χ3n) is 3.31. The molecule has 86 valence electrons. The van der Waals surface area contributed by atoms with Crippen LogP contribution in [0.1, 0.15) is 27.2 Å². The predicted octanol–water partition coefficient (Wildman–Crippen LogP) is 1.88. The number of hydrogen-bond acceptors (Lipinski definition) is 3. The monoisotopic (exact) mass is 228 g/mol. The van der Waals surface area contributed by atoms with Crippen molar-refractivity contribution in [2.45, 2.75) is 45.4 Å². The zero-order valence-electron chi connectivity index (χ0n) is 9.69. The largest absolute Gasteiger partial charge is 0.376 e. The number of aliphatic imine (C=N–C) groups is 1. The van der Waals surface area contributed by atoms with Crippen LogP contribution >= 0.6 is 11.8 Å². The quantitative estimate of drug-likeness (QED) is 0.744. The Morgan fingerprint density at radius 1 is 1.40 bits per heavy atom. The van der Waals surface area contributed by atoms with E-state index >= 15 is 0 Å². The average Bonchev–Trinajstić information content (AvgIpc) is 2.59. The van der Waals surface area contributed by atoms with Gasteiger partial charge < -0.3 is 10.1 Å². The average molecular weight is 228 g/mol. The predicted molar refractivity (Wildman–Crippen MR) is 65.5 cm³/mol. The molecule has 2 saturated heterocycles. The van der Waals surface area contributed by atoms with Gasteiger partial charge in [-0.1, -0.05) is 18.7 Å². The molecule has 2 aliphatic rings. The van der Waals surface area contributed by atoms with Crippen LogP contribution < -0.4 is 5.32 Å². The van der Waals surface area contributed by atoms with Crippen molar-refractivity contribution in [3.63, 3.8) is 0 Å². The molecule has 0 aromatic rings. The second-order valence-corrected chi connectivity index (χ2v) is 5.60. The van der Waals surface area contributed by atoms with Crippen LogP contribution in [0, 0.1) is 5.92 Å². The van der Waals surface area contributed by atoms with Crippen LogP contribution in [0.15, 0.2) is 4.99 Å². The SMILES string of the molecule is CC1CSC(=NC2CCOC2C)NC1C. The molecule has 2 fully saturated rings. The summed E-state index contributed by atoms with van der Waals surface area (Å²) < 4.78 is 5.51. The van der Waals surface area contributed by atoms with Gasteiger partial charge in [0.2, 0.25) is 0 Å². The maximum Gasteiger partial charge on any atom is 0.157 e. The Kier molecular flexibility index (Phi) is 3.57. The van der Waals surface area contributed by atoms with E-state index in [4.69, 9.17) is 9.73 Å². The molecule has 0 aromatic heterocycles. The van der Waals surface area contributed by atoms with Gasteiger partial charge >= 0.3 is 0 Å². The number of rotatable bonds is 1. The van der Waals surface area contributed by atoms with Crippen molar-refractivity contribution >= 4 is 16.9 Å². The van der Waals surface area contributed by atoms with Crippen LogP contribution in [0.3, 0.4) is 0 Å². The van der Waals surface area contributed by atoms with Crippen LogP contribution in [-0.4, -0.2) is 35.7 Å². The van der Waals surface area contributed by atoms with Crippen LogP contribution in [0.25, 0.3) is 0 Å². The Morgan fingerprint density at radius 2 is 2.20 bits per heavy atom. The molecule has 2 heterocycles. The van der Waals surface area contributed by atoms with E-state index < -0.39 is 0 Å². The molecule has 0 aliphatic carbocycles. The van der Waals surface area contributed by atoms with Crippen molar-refractivity contribution in [1.82, 2.24) is 5.32 Å². The van der Waals surface area contributed by atoms with Gasteiger partial charge in [-0.3, -0.25) is 4.99 Å². The fraction of sp³-hybridized carbons (Fsp3) is 0.909. The fourth-order valence-corrected chi connectivity index (χ4v) is 3.04. The summed E-state index contributed by atoms with van der Waals surface area (Å²) in [7, 11) is 0.